The van der Waals surface area contributed by atoms with Gasteiger partial charge in [0.15, 0.2) is 6.17 Å². The molecule has 3 aromatic carbocycles. The summed E-state index contributed by atoms with van der Waals surface area (Å²) in [6.45, 7) is -3.60. The second kappa shape index (κ2) is 14.8. The molecule has 0 radical (unpaired) electrons. The summed E-state index contributed by atoms with van der Waals surface area (Å²) in [5.41, 5.74) is 2.93. The number of nitrogens with one attached hydrogen (secondary N) is 2. The zero-order valence-electron chi connectivity index (χ0n) is 28.2. The summed E-state index contributed by atoms with van der Waals surface area (Å²) in [5.74, 6) is 1.50. The van der Waals surface area contributed by atoms with Gasteiger partial charge in [-0.2, -0.15) is 0 Å². The van der Waals surface area contributed by atoms with Crippen LogP contribution in [0.2, 0.25) is 0 Å². The molecule has 0 saturated carbocycles. The molecule has 258 valence electrons. The van der Waals surface area contributed by atoms with E-state index in [0.29, 0.717) is 12.1 Å². The number of rotatable bonds is 13. The Morgan fingerprint density at radius 1 is 1.04 bits per heavy atom. The fourth-order valence-electron chi connectivity index (χ4n) is 6.21. The van der Waals surface area contributed by atoms with E-state index < -0.39 is 30.9 Å². The summed E-state index contributed by atoms with van der Waals surface area (Å²) in [5, 5.41) is 7.29. The number of benzene rings is 3. The molecular formula is C35H42ClN8O4P. The van der Waals surface area contributed by atoms with Crippen molar-refractivity contribution in [1.29, 1.82) is 0 Å². The minimum absolute atomic E-state index is 0.0169. The van der Waals surface area contributed by atoms with Crippen LogP contribution in [0, 0.1) is 0 Å². The van der Waals surface area contributed by atoms with Crippen LogP contribution in [-0.4, -0.2) is 85.9 Å². The van der Waals surface area contributed by atoms with Crippen molar-refractivity contribution < 1.29 is 18.6 Å². The summed E-state index contributed by atoms with van der Waals surface area (Å²) < 4.78 is 34.7. The highest BCUT2D eigenvalue weighted by Crippen LogP contribution is 2.54. The SMILES string of the molecule is COc1ccc(C(NC2CC(n3cnc4c3NC=NC4/N=C\N(C)C)OC2COP(=O)(Cl)N(C)C)(c2ccccc2)c2ccccc2)cc1. The molecule has 5 atom stereocenters. The second-order valence-electron chi connectivity index (χ2n) is 12.3. The number of imidazole rings is 1. The van der Waals surface area contributed by atoms with Gasteiger partial charge < -0.3 is 24.2 Å². The molecule has 12 nitrogen and oxygen atoms in total. The number of nitrogens with zero attached hydrogens (tertiary/aromatic N) is 6. The lowest BCUT2D eigenvalue weighted by Crippen LogP contribution is -2.53. The molecular weight excluding hydrogens is 663 g/mol. The van der Waals surface area contributed by atoms with Crippen molar-refractivity contribution in [2.45, 2.75) is 36.5 Å². The molecule has 2 aliphatic rings. The maximum absolute atomic E-state index is 13.2. The molecule has 6 rings (SSSR count). The topological polar surface area (TPSA) is 118 Å². The van der Waals surface area contributed by atoms with Crippen LogP contribution in [0.3, 0.4) is 0 Å². The van der Waals surface area contributed by atoms with E-state index in [4.69, 9.17) is 30.2 Å². The first kappa shape index (κ1) is 34.8. The number of halogens is 1. The summed E-state index contributed by atoms with van der Waals surface area (Å²) in [4.78, 5) is 15.6. The Kier molecular flexibility index (Phi) is 10.5. The average molecular weight is 705 g/mol. The largest absolute Gasteiger partial charge is 0.497 e. The second-order valence-corrected chi connectivity index (χ2v) is 15.6. The van der Waals surface area contributed by atoms with Crippen molar-refractivity contribution in [2.75, 3.05) is 47.2 Å². The Hall–Kier alpha value is -4.03. The number of hydrogen-bond donors (Lipinski definition) is 2. The highest BCUT2D eigenvalue weighted by molar-refractivity contribution is 7.83. The number of fused-ring (bicyclic) bond motifs is 1. The number of ether oxygens (including phenoxy) is 2. The van der Waals surface area contributed by atoms with Gasteiger partial charge in [-0.3, -0.25) is 14.4 Å². The van der Waals surface area contributed by atoms with Gasteiger partial charge in [0.2, 0.25) is 0 Å². The van der Waals surface area contributed by atoms with E-state index in [0.717, 1.165) is 28.3 Å². The smallest absolute Gasteiger partial charge is 0.362 e. The fraction of sp³-hybridized carbons (Fsp3) is 0.343. The van der Waals surface area contributed by atoms with Crippen LogP contribution in [0.5, 0.6) is 5.75 Å². The van der Waals surface area contributed by atoms with Crippen molar-refractivity contribution in [3.63, 3.8) is 0 Å². The Bertz CT molecular complexity index is 1760. The zero-order chi connectivity index (χ0) is 34.6. The zero-order valence-corrected chi connectivity index (χ0v) is 29.8. The van der Waals surface area contributed by atoms with Gasteiger partial charge in [0.05, 0.1) is 44.4 Å². The minimum atomic E-state index is -3.59. The van der Waals surface area contributed by atoms with Gasteiger partial charge in [-0.25, -0.2) is 19.6 Å². The average Bonchev–Trinajstić information content (AvgIpc) is 3.73. The monoisotopic (exact) mass is 704 g/mol. The van der Waals surface area contributed by atoms with Crippen molar-refractivity contribution in [2.24, 2.45) is 9.98 Å². The predicted molar refractivity (Wildman–Crippen MR) is 194 cm³/mol. The number of methoxy groups -OCH3 is 1. The maximum Gasteiger partial charge on any atom is 0.362 e. The Morgan fingerprint density at radius 3 is 2.27 bits per heavy atom. The van der Waals surface area contributed by atoms with E-state index in [1.807, 2.05) is 72.1 Å². The molecule has 2 N–H and O–H groups in total. The van der Waals surface area contributed by atoms with Crippen molar-refractivity contribution in [3.8, 4) is 5.75 Å². The molecule has 3 heterocycles. The third kappa shape index (κ3) is 7.30. The van der Waals surface area contributed by atoms with E-state index in [1.165, 1.54) is 4.67 Å². The standard InChI is InChI=1S/C35H42ClN8O4P/c1-42(2)23-40-33-32-34(38-22-37-33)44(24-39-32)31-20-29(30(48-31)21-47-49(36,45)43(3)4)41-35(25-12-8-6-9-13-25,26-14-10-7-11-15-26)27-16-18-28(46-5)19-17-27/h6-19,22-24,29-31,33,41H,20-21H2,1-5H3,(H,37,38)/b40-23-. The van der Waals surface area contributed by atoms with E-state index >= 15 is 0 Å². The lowest BCUT2D eigenvalue weighted by atomic mass is 9.76. The first-order valence-electron chi connectivity index (χ1n) is 16.0. The Labute approximate surface area is 292 Å². The molecule has 1 fully saturated rings. The van der Waals surface area contributed by atoms with E-state index in [2.05, 4.69) is 57.0 Å². The summed E-state index contributed by atoms with van der Waals surface area (Å²) in [7, 11) is 8.72. The van der Waals surface area contributed by atoms with Crippen LogP contribution in [0.25, 0.3) is 0 Å². The first-order valence-corrected chi connectivity index (χ1v) is 18.5. The van der Waals surface area contributed by atoms with Gasteiger partial charge in [0.1, 0.15) is 23.5 Å². The molecule has 5 unspecified atom stereocenters. The highest BCUT2D eigenvalue weighted by Gasteiger charge is 2.46. The van der Waals surface area contributed by atoms with Gasteiger partial charge in [-0.1, -0.05) is 72.8 Å². The molecule has 0 bridgehead atoms. The number of hydrogen-bond acceptors (Lipinski definition) is 9. The molecule has 4 aromatic rings. The fourth-order valence-corrected chi connectivity index (χ4v) is 6.94. The van der Waals surface area contributed by atoms with Crippen LogP contribution in [0.1, 0.15) is 41.2 Å². The lowest BCUT2D eigenvalue weighted by Gasteiger charge is -2.40. The quantitative estimate of drug-likeness (QED) is 0.0737. The number of aliphatic imine (C=N–C) groups is 2. The predicted octanol–water partition coefficient (Wildman–Crippen LogP) is 6.10. The van der Waals surface area contributed by atoms with Crippen molar-refractivity contribution in [1.82, 2.24) is 24.4 Å². The van der Waals surface area contributed by atoms with Gasteiger partial charge >= 0.3 is 6.87 Å². The normalized spacial score (nSPS) is 21.8. The molecule has 1 aromatic heterocycles. The summed E-state index contributed by atoms with van der Waals surface area (Å²) in [6.07, 6.45) is 4.10. The molecule has 1 saturated heterocycles. The molecule has 0 amide bonds. The molecule has 2 aliphatic heterocycles. The molecule has 14 heteroatoms. The summed E-state index contributed by atoms with van der Waals surface area (Å²) >= 11 is 6.36. The van der Waals surface area contributed by atoms with Gasteiger partial charge in [0.25, 0.3) is 0 Å². The third-order valence-electron chi connectivity index (χ3n) is 8.68. The van der Waals surface area contributed by atoms with E-state index in [-0.39, 0.29) is 12.6 Å². The van der Waals surface area contributed by atoms with Gasteiger partial charge in [-0.15, -0.1) is 0 Å². The van der Waals surface area contributed by atoms with E-state index in [9.17, 15) is 4.57 Å². The minimum Gasteiger partial charge on any atom is -0.497 e. The first-order chi connectivity index (χ1) is 23.6. The molecule has 0 aliphatic carbocycles. The summed E-state index contributed by atoms with van der Waals surface area (Å²) in [6, 6.07) is 28.4. The molecule has 0 spiro atoms. The van der Waals surface area contributed by atoms with Gasteiger partial charge in [0, 0.05) is 26.6 Å². The maximum atomic E-state index is 13.2. The lowest BCUT2D eigenvalue weighted by molar-refractivity contribution is -0.0222. The van der Waals surface area contributed by atoms with Crippen molar-refractivity contribution in [3.05, 3.63) is 114 Å². The van der Waals surface area contributed by atoms with Crippen LogP contribution in [-0.2, 0) is 19.4 Å². The van der Waals surface area contributed by atoms with Crippen LogP contribution < -0.4 is 15.4 Å². The Balaban J connectivity index is 1.43. The number of aromatic nitrogens is 2. The van der Waals surface area contributed by atoms with Gasteiger partial charge in [-0.05, 0) is 54.2 Å². The molecule has 49 heavy (non-hydrogen) atoms. The third-order valence-corrected chi connectivity index (χ3v) is 11.3. The Morgan fingerprint density at radius 2 is 1.67 bits per heavy atom. The van der Waals surface area contributed by atoms with Crippen LogP contribution >= 0.6 is 18.1 Å². The highest BCUT2D eigenvalue weighted by atomic mass is 35.7. The number of anilines is 1. The van der Waals surface area contributed by atoms with E-state index in [1.54, 1.807) is 40.2 Å². The van der Waals surface area contributed by atoms with Crippen LogP contribution in [0.15, 0.2) is 101 Å². The van der Waals surface area contributed by atoms with Crippen LogP contribution in [0.4, 0.5) is 5.82 Å². The van der Waals surface area contributed by atoms with Crippen molar-refractivity contribution >= 4 is 36.6 Å².